The van der Waals surface area contributed by atoms with Crippen molar-refractivity contribution in [3.63, 3.8) is 0 Å². The Morgan fingerprint density at radius 1 is 1.37 bits per heavy atom. The van der Waals surface area contributed by atoms with Crippen LogP contribution in [0.3, 0.4) is 0 Å². The zero-order valence-corrected chi connectivity index (χ0v) is 12.0. The number of carbonyl (C=O) groups excluding carboxylic acids is 1. The predicted octanol–water partition coefficient (Wildman–Crippen LogP) is 2.06. The quantitative estimate of drug-likeness (QED) is 0.848. The van der Waals surface area contributed by atoms with Crippen molar-refractivity contribution < 1.29 is 4.79 Å². The summed E-state index contributed by atoms with van der Waals surface area (Å²) >= 11 is 0. The highest BCUT2D eigenvalue weighted by atomic mass is 16.2. The van der Waals surface area contributed by atoms with Crippen LogP contribution >= 0.6 is 0 Å². The molecule has 4 heteroatoms. The molecule has 1 saturated heterocycles. The van der Waals surface area contributed by atoms with Gasteiger partial charge in [0.2, 0.25) is 5.91 Å². The predicted molar refractivity (Wildman–Crippen MR) is 74.4 cm³/mol. The second-order valence-corrected chi connectivity index (χ2v) is 6.29. The lowest BCUT2D eigenvalue weighted by Crippen LogP contribution is -2.52. The maximum atomic E-state index is 12.1. The van der Waals surface area contributed by atoms with E-state index in [1.165, 1.54) is 19.3 Å². The van der Waals surface area contributed by atoms with Crippen LogP contribution in [0.4, 0.5) is 0 Å². The molecule has 1 unspecified atom stereocenters. The van der Waals surface area contributed by atoms with Crippen LogP contribution in [0, 0.1) is 17.2 Å². The van der Waals surface area contributed by atoms with E-state index in [0.717, 1.165) is 38.8 Å². The Morgan fingerprint density at radius 2 is 2.11 bits per heavy atom. The standard InChI is InChI=1S/C15H25N3O/c1-13-6-5-9-18(10-13)11-14(19)17-15(12-16)7-3-2-4-8-15/h13H,2-11H2,1H3,(H,17,19). The largest absolute Gasteiger partial charge is 0.337 e. The highest BCUT2D eigenvalue weighted by Crippen LogP contribution is 2.27. The third-order valence-corrected chi connectivity index (χ3v) is 4.41. The van der Waals surface area contributed by atoms with Gasteiger partial charge in [-0.3, -0.25) is 9.69 Å². The van der Waals surface area contributed by atoms with Gasteiger partial charge in [-0.1, -0.05) is 26.2 Å². The maximum Gasteiger partial charge on any atom is 0.235 e. The summed E-state index contributed by atoms with van der Waals surface area (Å²) in [5.74, 6) is 0.707. The summed E-state index contributed by atoms with van der Waals surface area (Å²) in [6.45, 7) is 4.71. The molecule has 0 aromatic heterocycles. The van der Waals surface area contributed by atoms with Crippen molar-refractivity contribution in [3.8, 4) is 6.07 Å². The van der Waals surface area contributed by atoms with Crippen molar-refractivity contribution >= 4 is 5.91 Å². The highest BCUT2D eigenvalue weighted by molar-refractivity contribution is 5.79. The molecule has 4 nitrogen and oxygen atoms in total. The summed E-state index contributed by atoms with van der Waals surface area (Å²) in [6.07, 6.45) is 7.35. The number of rotatable bonds is 3. The van der Waals surface area contributed by atoms with Crippen molar-refractivity contribution in [1.29, 1.82) is 5.26 Å². The second kappa shape index (κ2) is 6.38. The van der Waals surface area contributed by atoms with Gasteiger partial charge in [-0.2, -0.15) is 5.26 Å². The fourth-order valence-corrected chi connectivity index (χ4v) is 3.36. The molecule has 0 spiro atoms. The lowest BCUT2D eigenvalue weighted by molar-refractivity contribution is -0.124. The van der Waals surface area contributed by atoms with E-state index in [2.05, 4.69) is 23.2 Å². The summed E-state index contributed by atoms with van der Waals surface area (Å²) in [7, 11) is 0. The van der Waals surface area contributed by atoms with Crippen LogP contribution in [0.15, 0.2) is 0 Å². The van der Waals surface area contributed by atoms with E-state index in [-0.39, 0.29) is 5.91 Å². The molecular formula is C15H25N3O. The van der Waals surface area contributed by atoms with Gasteiger partial charge in [0.1, 0.15) is 5.54 Å². The van der Waals surface area contributed by atoms with E-state index in [0.29, 0.717) is 12.5 Å². The Hall–Kier alpha value is -1.08. The molecule has 1 aliphatic heterocycles. The summed E-state index contributed by atoms with van der Waals surface area (Å²) in [4.78, 5) is 14.4. The van der Waals surface area contributed by atoms with Crippen molar-refractivity contribution in [1.82, 2.24) is 10.2 Å². The van der Waals surface area contributed by atoms with Gasteiger partial charge < -0.3 is 5.32 Å². The van der Waals surface area contributed by atoms with E-state index in [9.17, 15) is 10.1 Å². The number of nitrogens with zero attached hydrogens (tertiary/aromatic N) is 2. The fourth-order valence-electron chi connectivity index (χ4n) is 3.36. The zero-order valence-electron chi connectivity index (χ0n) is 12.0. The molecule has 1 saturated carbocycles. The van der Waals surface area contributed by atoms with Crippen molar-refractivity contribution in [2.24, 2.45) is 5.92 Å². The molecule has 0 aromatic rings. The van der Waals surface area contributed by atoms with Crippen LogP contribution in [0.5, 0.6) is 0 Å². The minimum Gasteiger partial charge on any atom is -0.337 e. The number of piperidine rings is 1. The van der Waals surface area contributed by atoms with E-state index >= 15 is 0 Å². The lowest BCUT2D eigenvalue weighted by atomic mass is 9.83. The first-order valence-corrected chi connectivity index (χ1v) is 7.58. The van der Waals surface area contributed by atoms with Gasteiger partial charge in [-0.05, 0) is 38.1 Å². The van der Waals surface area contributed by atoms with Crippen molar-refractivity contribution in [3.05, 3.63) is 0 Å². The van der Waals surface area contributed by atoms with Crippen molar-refractivity contribution in [2.45, 2.75) is 57.4 Å². The van der Waals surface area contributed by atoms with E-state index < -0.39 is 5.54 Å². The number of nitriles is 1. The molecule has 19 heavy (non-hydrogen) atoms. The minimum absolute atomic E-state index is 0.0255. The smallest absolute Gasteiger partial charge is 0.235 e. The molecule has 1 aliphatic carbocycles. The molecule has 0 aromatic carbocycles. The maximum absolute atomic E-state index is 12.1. The number of likely N-dealkylation sites (tertiary alicyclic amines) is 1. The SMILES string of the molecule is CC1CCCN(CC(=O)NC2(C#N)CCCCC2)C1. The van der Waals surface area contributed by atoms with Gasteiger partial charge in [-0.15, -0.1) is 0 Å². The molecule has 2 aliphatic rings. The Kier molecular flexibility index (Phi) is 4.81. The summed E-state index contributed by atoms with van der Waals surface area (Å²) in [5, 5.41) is 12.4. The first-order valence-electron chi connectivity index (χ1n) is 7.58. The number of hydrogen-bond acceptors (Lipinski definition) is 3. The second-order valence-electron chi connectivity index (χ2n) is 6.29. The molecular weight excluding hydrogens is 238 g/mol. The van der Waals surface area contributed by atoms with Crippen LogP contribution in [0.1, 0.15) is 51.9 Å². The molecule has 2 rings (SSSR count). The van der Waals surface area contributed by atoms with Crippen LogP contribution in [0.2, 0.25) is 0 Å². The zero-order chi connectivity index (χ0) is 13.7. The molecule has 1 amide bonds. The molecule has 1 N–H and O–H groups in total. The van der Waals surface area contributed by atoms with E-state index in [1.807, 2.05) is 0 Å². The van der Waals surface area contributed by atoms with Gasteiger partial charge in [0.15, 0.2) is 0 Å². The van der Waals surface area contributed by atoms with Gasteiger partial charge >= 0.3 is 0 Å². The third kappa shape index (κ3) is 3.94. The topological polar surface area (TPSA) is 56.1 Å². The Bertz CT molecular complexity index is 355. The average molecular weight is 263 g/mol. The fraction of sp³-hybridized carbons (Fsp3) is 0.867. The van der Waals surface area contributed by atoms with Crippen molar-refractivity contribution in [2.75, 3.05) is 19.6 Å². The van der Waals surface area contributed by atoms with Gasteiger partial charge in [0.25, 0.3) is 0 Å². The van der Waals surface area contributed by atoms with Gasteiger partial charge in [0.05, 0.1) is 12.6 Å². The monoisotopic (exact) mass is 263 g/mol. The summed E-state index contributed by atoms with van der Waals surface area (Å²) in [6, 6.07) is 2.34. The van der Waals surface area contributed by atoms with Crippen LogP contribution < -0.4 is 5.32 Å². The Labute approximate surface area is 116 Å². The van der Waals surface area contributed by atoms with Gasteiger partial charge in [-0.25, -0.2) is 0 Å². The minimum atomic E-state index is -0.587. The van der Waals surface area contributed by atoms with Crippen LogP contribution in [0.25, 0.3) is 0 Å². The molecule has 1 heterocycles. The number of nitrogens with one attached hydrogen (secondary N) is 1. The first kappa shape index (κ1) is 14.3. The van der Waals surface area contributed by atoms with E-state index in [4.69, 9.17) is 0 Å². The van der Waals surface area contributed by atoms with Crippen LogP contribution in [-0.4, -0.2) is 36.0 Å². The summed E-state index contributed by atoms with van der Waals surface area (Å²) in [5.41, 5.74) is -0.587. The molecule has 106 valence electrons. The number of amides is 1. The van der Waals surface area contributed by atoms with Crippen LogP contribution in [-0.2, 0) is 4.79 Å². The number of carbonyl (C=O) groups is 1. The Morgan fingerprint density at radius 3 is 2.74 bits per heavy atom. The average Bonchev–Trinajstić information content (AvgIpc) is 2.39. The van der Waals surface area contributed by atoms with Gasteiger partial charge in [0, 0.05) is 6.54 Å². The third-order valence-electron chi connectivity index (χ3n) is 4.41. The number of hydrogen-bond donors (Lipinski definition) is 1. The highest BCUT2D eigenvalue weighted by Gasteiger charge is 2.34. The molecule has 1 atom stereocenters. The lowest BCUT2D eigenvalue weighted by Gasteiger charge is -2.34. The molecule has 0 radical (unpaired) electrons. The first-order chi connectivity index (χ1) is 9.13. The Balaban J connectivity index is 1.84. The summed E-state index contributed by atoms with van der Waals surface area (Å²) < 4.78 is 0. The normalized spacial score (nSPS) is 27.5. The van der Waals surface area contributed by atoms with E-state index in [1.54, 1.807) is 0 Å². The molecule has 0 bridgehead atoms. The molecule has 2 fully saturated rings.